The summed E-state index contributed by atoms with van der Waals surface area (Å²) in [6.07, 6.45) is 4.21. The number of anilines is 2. The standard InChI is InChI=1S/C20H25N3O3S/c1-14-6-8-17(21)13-19(14)23-20(24)10-11-22-27(25,26)18-9-7-15-4-2-3-5-16(15)12-18/h6-9,12-13,22H,2-5,10-11,21H2,1H3,(H,23,24). The third-order valence-electron chi connectivity index (χ3n) is 4.81. The molecule has 2 aromatic carbocycles. The van der Waals surface area contributed by atoms with Crippen molar-refractivity contribution >= 4 is 27.3 Å². The van der Waals surface area contributed by atoms with Crippen LogP contribution in [0.3, 0.4) is 0 Å². The van der Waals surface area contributed by atoms with Crippen molar-refractivity contribution in [2.45, 2.75) is 43.9 Å². The second kappa shape index (κ2) is 8.10. The van der Waals surface area contributed by atoms with Crippen LogP contribution in [0.25, 0.3) is 0 Å². The van der Waals surface area contributed by atoms with Crippen LogP contribution >= 0.6 is 0 Å². The molecule has 4 N–H and O–H groups in total. The molecule has 3 rings (SSSR count). The van der Waals surface area contributed by atoms with Crippen molar-refractivity contribution in [1.29, 1.82) is 0 Å². The van der Waals surface area contributed by atoms with Crippen LogP contribution in [0.5, 0.6) is 0 Å². The first-order valence-corrected chi connectivity index (χ1v) is 10.6. The zero-order valence-corrected chi connectivity index (χ0v) is 16.2. The number of carbonyl (C=O) groups is 1. The van der Waals surface area contributed by atoms with Gasteiger partial charge in [-0.05, 0) is 73.6 Å². The Labute approximate surface area is 160 Å². The maximum atomic E-state index is 12.5. The molecule has 0 radical (unpaired) electrons. The minimum Gasteiger partial charge on any atom is -0.399 e. The van der Waals surface area contributed by atoms with E-state index in [-0.39, 0.29) is 23.8 Å². The lowest BCUT2D eigenvalue weighted by Crippen LogP contribution is -2.28. The average molecular weight is 388 g/mol. The molecule has 0 unspecified atom stereocenters. The van der Waals surface area contributed by atoms with Crippen LogP contribution in [0, 0.1) is 6.92 Å². The van der Waals surface area contributed by atoms with Gasteiger partial charge in [0.1, 0.15) is 0 Å². The van der Waals surface area contributed by atoms with Crippen molar-refractivity contribution < 1.29 is 13.2 Å². The fourth-order valence-corrected chi connectivity index (χ4v) is 4.33. The molecule has 0 atom stereocenters. The molecule has 7 heteroatoms. The molecule has 0 fully saturated rings. The highest BCUT2D eigenvalue weighted by molar-refractivity contribution is 7.89. The zero-order valence-electron chi connectivity index (χ0n) is 15.4. The summed E-state index contributed by atoms with van der Waals surface area (Å²) in [6.45, 7) is 1.90. The second-order valence-corrected chi connectivity index (χ2v) is 8.67. The summed E-state index contributed by atoms with van der Waals surface area (Å²) >= 11 is 0. The molecule has 0 heterocycles. The van der Waals surface area contributed by atoms with Crippen LogP contribution in [0.15, 0.2) is 41.3 Å². The van der Waals surface area contributed by atoms with Crippen molar-refractivity contribution in [3.8, 4) is 0 Å². The molecular formula is C20H25N3O3S. The molecule has 0 spiro atoms. The molecule has 0 saturated carbocycles. The normalized spacial score (nSPS) is 13.8. The maximum absolute atomic E-state index is 12.5. The zero-order chi connectivity index (χ0) is 19.4. The Bertz CT molecular complexity index is 955. The van der Waals surface area contributed by atoms with Crippen LogP contribution in [-0.2, 0) is 27.7 Å². The number of fused-ring (bicyclic) bond motifs is 1. The highest BCUT2D eigenvalue weighted by Crippen LogP contribution is 2.24. The smallest absolute Gasteiger partial charge is 0.240 e. The average Bonchev–Trinajstić information content (AvgIpc) is 2.64. The fourth-order valence-electron chi connectivity index (χ4n) is 3.25. The van der Waals surface area contributed by atoms with Gasteiger partial charge in [-0.1, -0.05) is 12.1 Å². The van der Waals surface area contributed by atoms with E-state index in [4.69, 9.17) is 5.73 Å². The molecule has 1 aliphatic rings. The van der Waals surface area contributed by atoms with Crippen molar-refractivity contribution in [3.63, 3.8) is 0 Å². The molecule has 0 aliphatic heterocycles. The lowest BCUT2D eigenvalue weighted by Gasteiger charge is -2.16. The molecule has 6 nitrogen and oxygen atoms in total. The molecule has 0 saturated heterocycles. The van der Waals surface area contributed by atoms with E-state index in [1.54, 1.807) is 24.3 Å². The Morgan fingerprint density at radius 1 is 1.07 bits per heavy atom. The first kappa shape index (κ1) is 19.4. The molecule has 1 aliphatic carbocycles. The Kier molecular flexibility index (Phi) is 5.82. The topological polar surface area (TPSA) is 101 Å². The number of hydrogen-bond donors (Lipinski definition) is 3. The number of amides is 1. The molecule has 144 valence electrons. The number of benzene rings is 2. The van der Waals surface area contributed by atoms with Gasteiger partial charge in [0.2, 0.25) is 15.9 Å². The van der Waals surface area contributed by atoms with Crippen molar-refractivity contribution in [1.82, 2.24) is 4.72 Å². The van der Waals surface area contributed by atoms with E-state index >= 15 is 0 Å². The maximum Gasteiger partial charge on any atom is 0.240 e. The number of hydrogen-bond acceptors (Lipinski definition) is 4. The second-order valence-electron chi connectivity index (χ2n) is 6.91. The highest BCUT2D eigenvalue weighted by Gasteiger charge is 2.18. The van der Waals surface area contributed by atoms with E-state index in [0.717, 1.165) is 36.8 Å². The number of nitrogens with two attached hydrogens (primary N) is 1. The fraction of sp³-hybridized carbons (Fsp3) is 0.350. The summed E-state index contributed by atoms with van der Waals surface area (Å²) in [5.41, 5.74) is 10.2. The number of sulfonamides is 1. The number of aryl methyl sites for hydroxylation is 3. The van der Waals surface area contributed by atoms with Gasteiger partial charge in [0.25, 0.3) is 0 Å². The monoisotopic (exact) mass is 387 g/mol. The SMILES string of the molecule is Cc1ccc(N)cc1NC(=O)CCNS(=O)(=O)c1ccc2c(c1)CCCC2. The van der Waals surface area contributed by atoms with Gasteiger partial charge in [0, 0.05) is 24.3 Å². The third kappa shape index (κ3) is 4.87. The van der Waals surface area contributed by atoms with E-state index in [2.05, 4.69) is 10.0 Å². The summed E-state index contributed by atoms with van der Waals surface area (Å²) < 4.78 is 27.5. The van der Waals surface area contributed by atoms with Crippen LogP contribution in [-0.4, -0.2) is 20.9 Å². The van der Waals surface area contributed by atoms with E-state index < -0.39 is 10.0 Å². The van der Waals surface area contributed by atoms with Gasteiger partial charge in [-0.25, -0.2) is 13.1 Å². The molecule has 27 heavy (non-hydrogen) atoms. The molecular weight excluding hydrogens is 362 g/mol. The molecule has 1 amide bonds. The van der Waals surface area contributed by atoms with E-state index in [1.165, 1.54) is 5.56 Å². The van der Waals surface area contributed by atoms with E-state index in [9.17, 15) is 13.2 Å². The van der Waals surface area contributed by atoms with E-state index in [0.29, 0.717) is 11.4 Å². The van der Waals surface area contributed by atoms with Crippen LogP contribution < -0.4 is 15.8 Å². The number of nitrogen functional groups attached to an aromatic ring is 1. The summed E-state index contributed by atoms with van der Waals surface area (Å²) in [4.78, 5) is 12.4. The summed E-state index contributed by atoms with van der Waals surface area (Å²) in [5.74, 6) is -0.267. The van der Waals surface area contributed by atoms with Gasteiger partial charge < -0.3 is 11.1 Å². The largest absolute Gasteiger partial charge is 0.399 e. The predicted molar refractivity (Wildman–Crippen MR) is 107 cm³/mol. The number of rotatable bonds is 6. The van der Waals surface area contributed by atoms with Crippen LogP contribution in [0.4, 0.5) is 11.4 Å². The minimum atomic E-state index is -3.63. The minimum absolute atomic E-state index is 0.0343. The Hall–Kier alpha value is -2.38. The van der Waals surface area contributed by atoms with Crippen molar-refractivity contribution in [3.05, 3.63) is 53.1 Å². The van der Waals surface area contributed by atoms with Crippen molar-refractivity contribution in [2.24, 2.45) is 0 Å². The highest BCUT2D eigenvalue weighted by atomic mass is 32.2. The van der Waals surface area contributed by atoms with Crippen molar-refractivity contribution in [2.75, 3.05) is 17.6 Å². The van der Waals surface area contributed by atoms with Gasteiger partial charge in [0.15, 0.2) is 0 Å². The Balaban J connectivity index is 1.57. The summed E-state index contributed by atoms with van der Waals surface area (Å²) in [7, 11) is -3.63. The summed E-state index contributed by atoms with van der Waals surface area (Å²) in [6, 6.07) is 10.6. The lowest BCUT2D eigenvalue weighted by atomic mass is 9.92. The molecule has 0 aromatic heterocycles. The third-order valence-corrected chi connectivity index (χ3v) is 6.27. The van der Waals surface area contributed by atoms with Gasteiger partial charge in [-0.3, -0.25) is 4.79 Å². The van der Waals surface area contributed by atoms with Gasteiger partial charge in [-0.2, -0.15) is 0 Å². The van der Waals surface area contributed by atoms with Gasteiger partial charge in [0.05, 0.1) is 4.90 Å². The Morgan fingerprint density at radius 3 is 2.59 bits per heavy atom. The molecule has 2 aromatic rings. The van der Waals surface area contributed by atoms with Crippen LogP contribution in [0.2, 0.25) is 0 Å². The molecule has 0 bridgehead atoms. The van der Waals surface area contributed by atoms with Gasteiger partial charge >= 0.3 is 0 Å². The van der Waals surface area contributed by atoms with Gasteiger partial charge in [-0.15, -0.1) is 0 Å². The van der Waals surface area contributed by atoms with Crippen LogP contribution in [0.1, 0.15) is 36.0 Å². The lowest BCUT2D eigenvalue weighted by molar-refractivity contribution is -0.116. The quantitative estimate of drug-likeness (QED) is 0.663. The number of nitrogens with one attached hydrogen (secondary N) is 2. The first-order chi connectivity index (χ1) is 12.8. The van der Waals surface area contributed by atoms with E-state index in [1.807, 2.05) is 19.1 Å². The number of carbonyl (C=O) groups excluding carboxylic acids is 1. The summed E-state index contributed by atoms with van der Waals surface area (Å²) in [5, 5.41) is 2.76. The predicted octanol–water partition coefficient (Wildman–Crippen LogP) is 2.76. The first-order valence-electron chi connectivity index (χ1n) is 9.12. The Morgan fingerprint density at radius 2 is 1.81 bits per heavy atom.